The van der Waals surface area contributed by atoms with E-state index in [1.165, 1.54) is 25.7 Å². The van der Waals surface area contributed by atoms with Crippen LogP contribution in [0.1, 0.15) is 59.3 Å². The van der Waals surface area contributed by atoms with E-state index in [2.05, 4.69) is 10.2 Å². The Morgan fingerprint density at radius 3 is 2.32 bits per heavy atom. The average molecular weight is 354 g/mol. The van der Waals surface area contributed by atoms with Crippen molar-refractivity contribution < 1.29 is 14.3 Å². The summed E-state index contributed by atoms with van der Waals surface area (Å²) in [6.45, 7) is 10.2. The molecule has 0 aromatic rings. The zero-order chi connectivity index (χ0) is 18.3. The van der Waals surface area contributed by atoms with Crippen LogP contribution in [0.5, 0.6) is 0 Å². The Morgan fingerprint density at radius 1 is 1.08 bits per heavy atom. The standard InChI is InChI=1S/C19H35N3O3/c1-19(2,3)25-18(24)22-14-12-21(13-15-22)11-10-20-17(23)9-8-16-6-4-5-7-16/h16H,4-15H2,1-3H3,(H,20,23). The SMILES string of the molecule is CC(C)(C)OC(=O)N1CCN(CCNC(=O)CCC2CCCC2)CC1. The predicted molar refractivity (Wildman–Crippen MR) is 98.4 cm³/mol. The molecule has 1 saturated carbocycles. The highest BCUT2D eigenvalue weighted by Crippen LogP contribution is 2.28. The molecule has 25 heavy (non-hydrogen) atoms. The van der Waals surface area contributed by atoms with Gasteiger partial charge in [-0.2, -0.15) is 0 Å². The minimum absolute atomic E-state index is 0.180. The fraction of sp³-hybridized carbons (Fsp3) is 0.895. The normalized spacial score (nSPS) is 19.9. The van der Waals surface area contributed by atoms with Gasteiger partial charge in [0.2, 0.25) is 5.91 Å². The van der Waals surface area contributed by atoms with E-state index in [0.717, 1.165) is 32.0 Å². The Hall–Kier alpha value is -1.30. The van der Waals surface area contributed by atoms with E-state index in [-0.39, 0.29) is 12.0 Å². The maximum absolute atomic E-state index is 12.0. The maximum atomic E-state index is 12.0. The van der Waals surface area contributed by atoms with Gasteiger partial charge in [0.05, 0.1) is 0 Å². The van der Waals surface area contributed by atoms with E-state index in [0.29, 0.717) is 26.1 Å². The van der Waals surface area contributed by atoms with Crippen LogP contribution >= 0.6 is 0 Å². The molecule has 144 valence electrons. The summed E-state index contributed by atoms with van der Waals surface area (Å²) in [6, 6.07) is 0. The molecule has 1 heterocycles. The van der Waals surface area contributed by atoms with Crippen LogP contribution in [0.25, 0.3) is 0 Å². The summed E-state index contributed by atoms with van der Waals surface area (Å²) in [5.41, 5.74) is -0.447. The summed E-state index contributed by atoms with van der Waals surface area (Å²) in [5, 5.41) is 3.03. The molecule has 0 bridgehead atoms. The van der Waals surface area contributed by atoms with Crippen molar-refractivity contribution in [2.45, 2.75) is 64.9 Å². The van der Waals surface area contributed by atoms with Crippen LogP contribution in [-0.4, -0.2) is 66.7 Å². The highest BCUT2D eigenvalue weighted by Gasteiger charge is 2.25. The Kier molecular flexibility index (Phi) is 7.54. The summed E-state index contributed by atoms with van der Waals surface area (Å²) in [6.07, 6.45) is 6.75. The number of ether oxygens (including phenoxy) is 1. The number of carbonyl (C=O) groups is 2. The molecule has 0 atom stereocenters. The lowest BCUT2D eigenvalue weighted by Gasteiger charge is -2.35. The molecular formula is C19H35N3O3. The number of hydrogen-bond acceptors (Lipinski definition) is 4. The summed E-state index contributed by atoms with van der Waals surface area (Å²) in [4.78, 5) is 28.0. The molecule has 0 aromatic heterocycles. The number of hydrogen-bond donors (Lipinski definition) is 1. The number of carbonyl (C=O) groups excluding carboxylic acids is 2. The van der Waals surface area contributed by atoms with Crippen molar-refractivity contribution >= 4 is 12.0 Å². The zero-order valence-corrected chi connectivity index (χ0v) is 16.2. The van der Waals surface area contributed by atoms with E-state index < -0.39 is 5.60 Å². The first-order valence-electron chi connectivity index (χ1n) is 9.80. The quantitative estimate of drug-likeness (QED) is 0.797. The number of piperazine rings is 1. The summed E-state index contributed by atoms with van der Waals surface area (Å²) >= 11 is 0. The third-order valence-electron chi connectivity index (χ3n) is 5.03. The lowest BCUT2D eigenvalue weighted by atomic mass is 10.0. The van der Waals surface area contributed by atoms with Gasteiger partial charge >= 0.3 is 6.09 Å². The third kappa shape index (κ3) is 7.63. The van der Waals surface area contributed by atoms with Gasteiger partial charge in [-0.3, -0.25) is 9.69 Å². The number of nitrogens with one attached hydrogen (secondary N) is 1. The molecule has 0 radical (unpaired) electrons. The lowest BCUT2D eigenvalue weighted by Crippen LogP contribution is -2.51. The van der Waals surface area contributed by atoms with Gasteiger partial charge in [-0.25, -0.2) is 4.79 Å². The second kappa shape index (κ2) is 9.41. The largest absolute Gasteiger partial charge is 0.444 e. The van der Waals surface area contributed by atoms with Crippen molar-refractivity contribution in [2.75, 3.05) is 39.3 Å². The second-order valence-corrected chi connectivity index (χ2v) is 8.35. The molecule has 0 unspecified atom stereocenters. The minimum Gasteiger partial charge on any atom is -0.444 e. The first kappa shape index (κ1) is 20.0. The Bertz CT molecular complexity index is 434. The van der Waals surface area contributed by atoms with E-state index in [9.17, 15) is 9.59 Å². The molecular weight excluding hydrogens is 318 g/mol. The third-order valence-corrected chi connectivity index (χ3v) is 5.03. The molecule has 1 N–H and O–H groups in total. The molecule has 2 rings (SSSR count). The first-order valence-corrected chi connectivity index (χ1v) is 9.80. The maximum Gasteiger partial charge on any atom is 0.410 e. The Labute approximate surface area is 152 Å². The number of rotatable bonds is 6. The fourth-order valence-corrected chi connectivity index (χ4v) is 3.56. The van der Waals surface area contributed by atoms with Crippen LogP contribution in [-0.2, 0) is 9.53 Å². The van der Waals surface area contributed by atoms with Gasteiger partial charge in [-0.05, 0) is 33.1 Å². The lowest BCUT2D eigenvalue weighted by molar-refractivity contribution is -0.121. The van der Waals surface area contributed by atoms with Crippen molar-refractivity contribution in [3.63, 3.8) is 0 Å². The topological polar surface area (TPSA) is 61.9 Å². The Balaban J connectivity index is 1.54. The molecule has 0 aromatic carbocycles. The van der Waals surface area contributed by atoms with Gasteiger partial charge in [-0.15, -0.1) is 0 Å². The smallest absolute Gasteiger partial charge is 0.410 e. The minimum atomic E-state index is -0.447. The van der Waals surface area contributed by atoms with Crippen molar-refractivity contribution in [1.82, 2.24) is 15.1 Å². The van der Waals surface area contributed by atoms with E-state index in [1.54, 1.807) is 4.90 Å². The monoisotopic (exact) mass is 353 g/mol. The molecule has 0 spiro atoms. The van der Waals surface area contributed by atoms with E-state index in [4.69, 9.17) is 4.74 Å². The highest BCUT2D eigenvalue weighted by molar-refractivity contribution is 5.75. The highest BCUT2D eigenvalue weighted by atomic mass is 16.6. The van der Waals surface area contributed by atoms with Crippen molar-refractivity contribution in [3.8, 4) is 0 Å². The van der Waals surface area contributed by atoms with E-state index in [1.807, 2.05) is 20.8 Å². The van der Waals surface area contributed by atoms with Gasteiger partial charge in [0.1, 0.15) is 5.60 Å². The molecule has 6 heteroatoms. The van der Waals surface area contributed by atoms with Crippen LogP contribution in [0.15, 0.2) is 0 Å². The molecule has 6 nitrogen and oxygen atoms in total. The van der Waals surface area contributed by atoms with Gasteiger partial charge < -0.3 is 15.0 Å². The molecule has 1 aliphatic carbocycles. The molecule has 2 amide bonds. The molecule has 2 fully saturated rings. The fourth-order valence-electron chi connectivity index (χ4n) is 3.56. The van der Waals surface area contributed by atoms with E-state index >= 15 is 0 Å². The van der Waals surface area contributed by atoms with Crippen molar-refractivity contribution in [1.29, 1.82) is 0 Å². The zero-order valence-electron chi connectivity index (χ0n) is 16.2. The number of nitrogens with zero attached hydrogens (tertiary/aromatic N) is 2. The van der Waals surface area contributed by atoms with Gasteiger partial charge in [0, 0.05) is 45.7 Å². The van der Waals surface area contributed by atoms with Crippen LogP contribution in [0.2, 0.25) is 0 Å². The Morgan fingerprint density at radius 2 is 1.72 bits per heavy atom. The molecule has 1 aliphatic heterocycles. The summed E-state index contributed by atoms with van der Waals surface area (Å²) < 4.78 is 5.41. The number of amides is 2. The van der Waals surface area contributed by atoms with Crippen LogP contribution in [0.3, 0.4) is 0 Å². The van der Waals surface area contributed by atoms with Gasteiger partial charge in [0.15, 0.2) is 0 Å². The van der Waals surface area contributed by atoms with Crippen molar-refractivity contribution in [3.05, 3.63) is 0 Å². The van der Waals surface area contributed by atoms with Gasteiger partial charge in [0.25, 0.3) is 0 Å². The predicted octanol–water partition coefficient (Wildman–Crippen LogP) is 2.63. The first-order chi connectivity index (χ1) is 11.8. The second-order valence-electron chi connectivity index (χ2n) is 8.35. The summed E-state index contributed by atoms with van der Waals surface area (Å²) in [7, 11) is 0. The molecule has 1 saturated heterocycles. The van der Waals surface area contributed by atoms with Crippen LogP contribution in [0, 0.1) is 5.92 Å². The van der Waals surface area contributed by atoms with Crippen LogP contribution in [0.4, 0.5) is 4.79 Å². The summed E-state index contributed by atoms with van der Waals surface area (Å²) in [5.74, 6) is 0.950. The molecule has 2 aliphatic rings. The van der Waals surface area contributed by atoms with Gasteiger partial charge in [-0.1, -0.05) is 25.7 Å². The van der Waals surface area contributed by atoms with Crippen LogP contribution < -0.4 is 5.32 Å². The van der Waals surface area contributed by atoms with Crippen molar-refractivity contribution in [2.24, 2.45) is 5.92 Å². The average Bonchev–Trinajstić information content (AvgIpc) is 3.05.